The summed E-state index contributed by atoms with van der Waals surface area (Å²) in [5.41, 5.74) is 3.07. The van der Waals surface area contributed by atoms with E-state index in [1.165, 1.54) is 24.8 Å². The Kier molecular flexibility index (Phi) is 7.50. The number of ether oxygens (including phenoxy) is 1. The Morgan fingerprint density at radius 3 is 2.11 bits per heavy atom. The molecule has 2 aliphatic carbocycles. The Labute approximate surface area is 214 Å². The number of amides is 1. The fourth-order valence-electron chi connectivity index (χ4n) is 6.37. The number of fused-ring (bicyclic) bond motifs is 1. The van der Waals surface area contributed by atoms with Gasteiger partial charge in [0.1, 0.15) is 6.10 Å². The summed E-state index contributed by atoms with van der Waals surface area (Å²) < 4.78 is 6.26. The van der Waals surface area contributed by atoms with E-state index in [9.17, 15) is 9.59 Å². The van der Waals surface area contributed by atoms with E-state index >= 15 is 0 Å². The molecule has 2 fully saturated rings. The van der Waals surface area contributed by atoms with E-state index < -0.39 is 5.97 Å². The van der Waals surface area contributed by atoms with Gasteiger partial charge in [-0.2, -0.15) is 0 Å². The van der Waals surface area contributed by atoms with Crippen molar-refractivity contribution in [3.63, 3.8) is 0 Å². The Bertz CT molecular complexity index is 1170. The van der Waals surface area contributed by atoms with Gasteiger partial charge in [0.2, 0.25) is 0 Å². The summed E-state index contributed by atoms with van der Waals surface area (Å²) in [6, 6.07) is 27.4. The minimum atomic E-state index is -0.392. The lowest BCUT2D eigenvalue weighted by molar-refractivity contribution is -0.0327. The average molecular weight is 482 g/mol. The number of nitrogens with one attached hydrogen (secondary N) is 1. The third kappa shape index (κ3) is 5.23. The highest BCUT2D eigenvalue weighted by Crippen LogP contribution is 2.49. The highest BCUT2D eigenvalue weighted by Gasteiger charge is 2.43. The number of benzene rings is 3. The lowest BCUT2D eigenvalue weighted by Crippen LogP contribution is -2.42. The monoisotopic (exact) mass is 481 g/mol. The van der Waals surface area contributed by atoms with Crippen molar-refractivity contribution in [1.29, 1.82) is 0 Å². The quantitative estimate of drug-likeness (QED) is 0.383. The predicted octanol–water partition coefficient (Wildman–Crippen LogP) is 7.09. The molecule has 186 valence electrons. The molecular formula is C32H35NO3. The summed E-state index contributed by atoms with van der Waals surface area (Å²) in [6.45, 7) is 1.95. The van der Waals surface area contributed by atoms with E-state index in [0.717, 1.165) is 24.8 Å². The van der Waals surface area contributed by atoms with Crippen LogP contribution in [0.3, 0.4) is 0 Å². The minimum absolute atomic E-state index is 0.124. The van der Waals surface area contributed by atoms with Crippen molar-refractivity contribution < 1.29 is 14.3 Å². The first-order valence-electron chi connectivity index (χ1n) is 13.3. The van der Waals surface area contributed by atoms with E-state index in [1.54, 1.807) is 24.3 Å². The van der Waals surface area contributed by atoms with Crippen molar-refractivity contribution in [2.24, 2.45) is 11.8 Å². The Balaban J connectivity index is 1.34. The van der Waals surface area contributed by atoms with Crippen molar-refractivity contribution >= 4 is 11.9 Å². The maximum absolute atomic E-state index is 13.5. The molecule has 0 unspecified atom stereocenters. The van der Waals surface area contributed by atoms with Gasteiger partial charge in [-0.25, -0.2) is 4.79 Å². The topological polar surface area (TPSA) is 55.4 Å². The number of carbonyl (C=O) groups is 2. The number of carbonyl (C=O) groups excluding carboxylic acids is 2. The van der Waals surface area contributed by atoms with Gasteiger partial charge >= 0.3 is 5.97 Å². The van der Waals surface area contributed by atoms with Gasteiger partial charge < -0.3 is 10.1 Å². The second-order valence-electron chi connectivity index (χ2n) is 10.3. The minimum Gasteiger partial charge on any atom is -0.458 e. The second kappa shape index (κ2) is 11.1. The zero-order valence-electron chi connectivity index (χ0n) is 20.9. The molecule has 0 aromatic heterocycles. The van der Waals surface area contributed by atoms with Crippen LogP contribution in [0.2, 0.25) is 0 Å². The fourth-order valence-corrected chi connectivity index (χ4v) is 6.37. The molecule has 0 aliphatic heterocycles. The summed E-state index contributed by atoms with van der Waals surface area (Å²) in [4.78, 5) is 26.7. The van der Waals surface area contributed by atoms with Crippen LogP contribution in [0.4, 0.5) is 0 Å². The van der Waals surface area contributed by atoms with E-state index in [4.69, 9.17) is 4.74 Å². The molecule has 5 atom stereocenters. The zero-order valence-corrected chi connectivity index (χ0v) is 20.9. The molecule has 5 rings (SSSR count). The molecule has 0 heterocycles. The smallest absolute Gasteiger partial charge is 0.339 e. The van der Waals surface area contributed by atoms with Gasteiger partial charge in [-0.05, 0) is 67.7 Å². The van der Waals surface area contributed by atoms with Crippen LogP contribution in [-0.4, -0.2) is 18.0 Å². The molecule has 0 radical (unpaired) electrons. The first kappa shape index (κ1) is 24.3. The van der Waals surface area contributed by atoms with Gasteiger partial charge in [0.25, 0.3) is 5.91 Å². The molecule has 2 aliphatic rings. The maximum Gasteiger partial charge on any atom is 0.339 e. The van der Waals surface area contributed by atoms with Crippen LogP contribution >= 0.6 is 0 Å². The first-order chi connectivity index (χ1) is 17.6. The van der Waals surface area contributed by atoms with E-state index in [2.05, 4.69) is 35.6 Å². The SMILES string of the molecule is C[C@H](NC(=O)c1ccccc1C(=O)O[C@@H]1CCC[C@@H]2CCC[C@H](c3ccccc3)[C@H]21)c1ccccc1. The van der Waals surface area contributed by atoms with Gasteiger partial charge in [0.15, 0.2) is 0 Å². The van der Waals surface area contributed by atoms with Crippen molar-refractivity contribution in [3.05, 3.63) is 107 Å². The predicted molar refractivity (Wildman–Crippen MR) is 142 cm³/mol. The molecule has 36 heavy (non-hydrogen) atoms. The van der Waals surface area contributed by atoms with E-state index in [1.807, 2.05) is 37.3 Å². The van der Waals surface area contributed by atoms with E-state index in [-0.39, 0.29) is 18.1 Å². The number of hydrogen-bond acceptors (Lipinski definition) is 3. The highest BCUT2D eigenvalue weighted by molar-refractivity contribution is 6.05. The van der Waals surface area contributed by atoms with Gasteiger partial charge in [-0.3, -0.25) is 4.79 Å². The van der Waals surface area contributed by atoms with Gasteiger partial charge in [0, 0.05) is 5.92 Å². The average Bonchev–Trinajstić information content (AvgIpc) is 2.93. The number of esters is 1. The van der Waals surface area contributed by atoms with Crippen LogP contribution in [0.5, 0.6) is 0 Å². The third-order valence-electron chi connectivity index (χ3n) is 8.12. The van der Waals surface area contributed by atoms with Gasteiger partial charge in [-0.1, -0.05) is 85.6 Å². The molecule has 3 aromatic rings. The van der Waals surface area contributed by atoms with Crippen LogP contribution in [0, 0.1) is 11.8 Å². The van der Waals surface area contributed by atoms with Crippen LogP contribution in [0.25, 0.3) is 0 Å². The van der Waals surface area contributed by atoms with Crippen molar-refractivity contribution in [2.45, 2.75) is 63.5 Å². The normalized spacial score (nSPS) is 24.2. The van der Waals surface area contributed by atoms with Crippen LogP contribution < -0.4 is 5.32 Å². The van der Waals surface area contributed by atoms with Crippen molar-refractivity contribution in [3.8, 4) is 0 Å². The molecule has 4 nitrogen and oxygen atoms in total. The molecule has 2 saturated carbocycles. The maximum atomic E-state index is 13.5. The van der Waals surface area contributed by atoms with Crippen molar-refractivity contribution in [1.82, 2.24) is 5.32 Å². The highest BCUT2D eigenvalue weighted by atomic mass is 16.5. The first-order valence-corrected chi connectivity index (χ1v) is 13.3. The van der Waals surface area contributed by atoms with Gasteiger partial charge in [0.05, 0.1) is 17.2 Å². The molecule has 1 amide bonds. The standard InChI is InChI=1S/C32H35NO3/c1-22(23-12-4-2-5-13-23)33-31(34)27-18-8-9-19-28(27)32(35)36-29-21-11-17-25-16-10-20-26(30(25)29)24-14-6-3-7-15-24/h2-9,12-15,18-19,22,25-26,29-30H,10-11,16-17,20-21H2,1H3,(H,33,34)/t22-,25-,26+,29+,30-/m0/s1. The summed E-state index contributed by atoms with van der Waals surface area (Å²) in [5.74, 6) is 0.670. The number of rotatable bonds is 6. The summed E-state index contributed by atoms with van der Waals surface area (Å²) in [5, 5.41) is 3.04. The molecular weight excluding hydrogens is 446 g/mol. The summed E-state index contributed by atoms with van der Waals surface area (Å²) in [6.07, 6.45) is 6.62. The van der Waals surface area contributed by atoms with Crippen LogP contribution in [0.15, 0.2) is 84.9 Å². The number of hydrogen-bond donors (Lipinski definition) is 1. The Hall–Kier alpha value is -3.40. The summed E-state index contributed by atoms with van der Waals surface area (Å²) >= 11 is 0. The van der Waals surface area contributed by atoms with Crippen LogP contribution in [0.1, 0.15) is 89.3 Å². The van der Waals surface area contributed by atoms with Crippen LogP contribution in [-0.2, 0) is 4.74 Å². The molecule has 3 aromatic carbocycles. The lowest BCUT2D eigenvalue weighted by atomic mass is 9.62. The Morgan fingerprint density at radius 2 is 1.39 bits per heavy atom. The molecule has 1 N–H and O–H groups in total. The summed E-state index contributed by atoms with van der Waals surface area (Å²) in [7, 11) is 0. The fraction of sp³-hybridized carbons (Fsp3) is 0.375. The molecule has 4 heteroatoms. The van der Waals surface area contributed by atoms with E-state index in [0.29, 0.717) is 28.9 Å². The zero-order chi connectivity index (χ0) is 24.9. The van der Waals surface area contributed by atoms with Gasteiger partial charge in [-0.15, -0.1) is 0 Å². The second-order valence-corrected chi connectivity index (χ2v) is 10.3. The molecule has 0 bridgehead atoms. The molecule has 0 spiro atoms. The van der Waals surface area contributed by atoms with Crippen molar-refractivity contribution in [2.75, 3.05) is 0 Å². The third-order valence-corrected chi connectivity index (χ3v) is 8.12. The lowest BCUT2D eigenvalue weighted by Gasteiger charge is -2.45. The molecule has 0 saturated heterocycles. The Morgan fingerprint density at radius 1 is 0.778 bits per heavy atom. The largest absolute Gasteiger partial charge is 0.458 e.